The van der Waals surface area contributed by atoms with Gasteiger partial charge in [0.15, 0.2) is 0 Å². The average molecular weight is 314 g/mol. The maximum Gasteiger partial charge on any atom is 0.349 e. The Morgan fingerprint density at radius 1 is 1.60 bits per heavy atom. The molecule has 0 bridgehead atoms. The fourth-order valence-electron chi connectivity index (χ4n) is 1.88. The van der Waals surface area contributed by atoms with Gasteiger partial charge in [0, 0.05) is 12.6 Å². The Labute approximate surface area is 126 Å². The van der Waals surface area contributed by atoms with Crippen LogP contribution in [0.3, 0.4) is 0 Å². The van der Waals surface area contributed by atoms with Gasteiger partial charge in [-0.15, -0.1) is 11.3 Å². The number of methoxy groups -OCH3 is 1. The average Bonchev–Trinajstić information content (AvgIpc) is 3.04. The minimum absolute atomic E-state index is 0.129. The highest BCUT2D eigenvalue weighted by Gasteiger charge is 2.19. The van der Waals surface area contributed by atoms with E-state index in [9.17, 15) is 4.79 Å². The molecule has 0 saturated carbocycles. The maximum absolute atomic E-state index is 11.7. The van der Waals surface area contributed by atoms with Crippen LogP contribution in [-0.4, -0.2) is 27.8 Å². The molecule has 0 aliphatic rings. The van der Waals surface area contributed by atoms with E-state index in [4.69, 9.17) is 16.3 Å². The molecule has 0 aromatic carbocycles. The Bertz CT molecular complexity index is 609. The molecule has 1 atom stereocenters. The van der Waals surface area contributed by atoms with E-state index in [2.05, 4.69) is 10.1 Å². The second-order valence-corrected chi connectivity index (χ2v) is 5.94. The predicted octanol–water partition coefficient (Wildman–Crippen LogP) is 3.15. The van der Waals surface area contributed by atoms with Gasteiger partial charge in [0.1, 0.15) is 4.88 Å². The second-order valence-electron chi connectivity index (χ2n) is 4.42. The zero-order chi connectivity index (χ0) is 14.7. The molecule has 2 heterocycles. The van der Waals surface area contributed by atoms with E-state index in [0.29, 0.717) is 22.7 Å². The van der Waals surface area contributed by atoms with Crippen molar-refractivity contribution >= 4 is 28.9 Å². The lowest BCUT2D eigenvalue weighted by atomic mass is 10.2. The number of nitrogens with zero attached hydrogens (tertiary/aromatic N) is 3. The molecule has 0 N–H and O–H groups in total. The van der Waals surface area contributed by atoms with Crippen molar-refractivity contribution in [2.45, 2.75) is 32.7 Å². The zero-order valence-electron chi connectivity index (χ0n) is 11.6. The fraction of sp³-hybridized carbons (Fsp3) is 0.462. The Kier molecular flexibility index (Phi) is 4.77. The molecule has 0 amide bonds. The summed E-state index contributed by atoms with van der Waals surface area (Å²) < 4.78 is 6.58. The lowest BCUT2D eigenvalue weighted by molar-refractivity contribution is 0.0605. The smallest absolute Gasteiger partial charge is 0.349 e. The van der Waals surface area contributed by atoms with Crippen molar-refractivity contribution in [2.24, 2.45) is 0 Å². The van der Waals surface area contributed by atoms with Gasteiger partial charge < -0.3 is 4.74 Å². The number of ether oxygens (including phenoxy) is 1. The summed E-state index contributed by atoms with van der Waals surface area (Å²) in [5.74, 6) is -0.319. The van der Waals surface area contributed by atoms with E-state index in [1.165, 1.54) is 18.4 Å². The molecule has 0 spiro atoms. The lowest BCUT2D eigenvalue weighted by Crippen LogP contribution is -2.08. The highest BCUT2D eigenvalue weighted by molar-refractivity contribution is 7.13. The summed E-state index contributed by atoms with van der Waals surface area (Å²) in [5.41, 5.74) is 0.794. The third-order valence-corrected chi connectivity index (χ3v) is 4.23. The first kappa shape index (κ1) is 15.0. The molecule has 2 rings (SSSR count). The molecule has 2 aromatic rings. The van der Waals surface area contributed by atoms with Crippen molar-refractivity contribution in [3.63, 3.8) is 0 Å². The number of esters is 1. The summed E-state index contributed by atoms with van der Waals surface area (Å²) >= 11 is 7.25. The van der Waals surface area contributed by atoms with Crippen LogP contribution < -0.4 is 0 Å². The minimum atomic E-state index is -0.319. The number of carbonyl (C=O) groups is 1. The second kappa shape index (κ2) is 6.37. The van der Waals surface area contributed by atoms with Crippen LogP contribution >= 0.6 is 22.9 Å². The Morgan fingerprint density at radius 3 is 2.90 bits per heavy atom. The molecule has 108 valence electrons. The molecular weight excluding hydrogens is 298 g/mol. The molecule has 20 heavy (non-hydrogen) atoms. The monoisotopic (exact) mass is 313 g/mol. The molecule has 0 aliphatic heterocycles. The fourth-order valence-corrected chi connectivity index (χ4v) is 3.22. The first-order chi connectivity index (χ1) is 9.55. The number of thiazole rings is 1. The summed E-state index contributed by atoms with van der Waals surface area (Å²) in [6, 6.07) is 0.129. The van der Waals surface area contributed by atoms with Crippen LogP contribution in [0.25, 0.3) is 0 Å². The Morgan fingerprint density at radius 2 is 2.35 bits per heavy atom. The largest absolute Gasteiger partial charge is 0.465 e. The summed E-state index contributed by atoms with van der Waals surface area (Å²) in [6.45, 7) is 4.01. The van der Waals surface area contributed by atoms with Gasteiger partial charge in [-0.05, 0) is 13.3 Å². The maximum atomic E-state index is 11.7. The topological polar surface area (TPSA) is 57.0 Å². The summed E-state index contributed by atoms with van der Waals surface area (Å²) in [7, 11) is 1.38. The quantitative estimate of drug-likeness (QED) is 0.796. The van der Waals surface area contributed by atoms with Gasteiger partial charge in [-0.1, -0.05) is 18.5 Å². The van der Waals surface area contributed by atoms with Crippen LogP contribution in [0.2, 0.25) is 5.02 Å². The highest BCUT2D eigenvalue weighted by Crippen LogP contribution is 2.24. The number of carbonyl (C=O) groups excluding carboxylic acids is 1. The van der Waals surface area contributed by atoms with Gasteiger partial charge in [-0.3, -0.25) is 4.68 Å². The molecule has 0 aliphatic carbocycles. The van der Waals surface area contributed by atoms with Crippen molar-refractivity contribution in [1.82, 2.24) is 14.8 Å². The third kappa shape index (κ3) is 3.19. The van der Waals surface area contributed by atoms with Crippen molar-refractivity contribution in [3.8, 4) is 0 Å². The Balaban J connectivity index is 2.17. The van der Waals surface area contributed by atoms with Gasteiger partial charge in [-0.25, -0.2) is 9.78 Å². The van der Waals surface area contributed by atoms with Crippen LogP contribution in [-0.2, 0) is 17.6 Å². The normalized spacial score (nSPS) is 12.4. The van der Waals surface area contributed by atoms with E-state index in [-0.39, 0.29) is 12.0 Å². The van der Waals surface area contributed by atoms with E-state index < -0.39 is 0 Å². The number of aryl methyl sites for hydroxylation is 1. The number of aromatic nitrogens is 3. The van der Waals surface area contributed by atoms with Crippen molar-refractivity contribution in [1.29, 1.82) is 0 Å². The number of hydrogen-bond acceptors (Lipinski definition) is 5. The first-order valence-corrected chi connectivity index (χ1v) is 7.51. The third-order valence-electron chi connectivity index (χ3n) is 2.94. The molecule has 2 aromatic heterocycles. The summed E-state index contributed by atoms with van der Waals surface area (Å²) in [5, 5.41) is 5.70. The summed E-state index contributed by atoms with van der Waals surface area (Å²) in [4.78, 5) is 16.8. The van der Waals surface area contributed by atoms with Gasteiger partial charge in [0.05, 0.1) is 35.1 Å². The SMILES string of the molecule is CCc1nc(CC(C)n2cc(Cl)cn2)sc1C(=O)OC. The predicted molar refractivity (Wildman–Crippen MR) is 78.5 cm³/mol. The molecular formula is C13H16ClN3O2S. The van der Waals surface area contributed by atoms with Gasteiger partial charge in [0.2, 0.25) is 0 Å². The minimum Gasteiger partial charge on any atom is -0.465 e. The van der Waals surface area contributed by atoms with Gasteiger partial charge in [0.25, 0.3) is 0 Å². The first-order valence-electron chi connectivity index (χ1n) is 6.31. The van der Waals surface area contributed by atoms with Crippen LogP contribution in [0, 0.1) is 0 Å². The number of halogens is 1. The highest BCUT2D eigenvalue weighted by atomic mass is 35.5. The standard InChI is InChI=1S/C13H16ClN3O2S/c1-4-10-12(13(18)19-3)20-11(16-10)5-8(2)17-7-9(14)6-15-17/h6-8H,4-5H2,1-3H3. The number of rotatable bonds is 5. The molecule has 7 heteroatoms. The van der Waals surface area contributed by atoms with Crippen LogP contribution in [0.4, 0.5) is 0 Å². The summed E-state index contributed by atoms with van der Waals surface area (Å²) in [6.07, 6.45) is 4.80. The molecule has 0 fully saturated rings. The van der Waals surface area contributed by atoms with Gasteiger partial charge >= 0.3 is 5.97 Å². The van der Waals surface area contributed by atoms with Crippen molar-refractivity contribution in [3.05, 3.63) is 33.0 Å². The van der Waals surface area contributed by atoms with Crippen LogP contribution in [0.5, 0.6) is 0 Å². The van der Waals surface area contributed by atoms with E-state index >= 15 is 0 Å². The van der Waals surface area contributed by atoms with Crippen molar-refractivity contribution < 1.29 is 9.53 Å². The Hall–Kier alpha value is -1.40. The van der Waals surface area contributed by atoms with Crippen molar-refractivity contribution in [2.75, 3.05) is 7.11 Å². The lowest BCUT2D eigenvalue weighted by Gasteiger charge is -2.09. The molecule has 5 nitrogen and oxygen atoms in total. The number of hydrogen-bond donors (Lipinski definition) is 0. The molecule has 0 saturated heterocycles. The zero-order valence-corrected chi connectivity index (χ0v) is 13.2. The van der Waals surface area contributed by atoms with Gasteiger partial charge in [-0.2, -0.15) is 5.10 Å². The van der Waals surface area contributed by atoms with Crippen LogP contribution in [0.1, 0.15) is 40.3 Å². The van der Waals surface area contributed by atoms with Crippen LogP contribution in [0.15, 0.2) is 12.4 Å². The van der Waals surface area contributed by atoms with E-state index in [1.54, 1.807) is 17.1 Å². The molecule has 0 radical (unpaired) electrons. The van der Waals surface area contributed by atoms with E-state index in [0.717, 1.165) is 10.7 Å². The van der Waals surface area contributed by atoms with E-state index in [1.807, 2.05) is 13.8 Å². The molecule has 1 unspecified atom stereocenters.